The van der Waals surface area contributed by atoms with Crippen molar-refractivity contribution < 1.29 is 9.53 Å². The van der Waals surface area contributed by atoms with Gasteiger partial charge in [-0.2, -0.15) is 0 Å². The summed E-state index contributed by atoms with van der Waals surface area (Å²) in [4.78, 5) is 26.7. The summed E-state index contributed by atoms with van der Waals surface area (Å²) in [6, 6.07) is 6.60. The third-order valence-electron chi connectivity index (χ3n) is 3.07. The number of ether oxygens (including phenoxy) is 1. The van der Waals surface area contributed by atoms with Crippen molar-refractivity contribution >= 4 is 17.5 Å². The first-order chi connectivity index (χ1) is 10.5. The van der Waals surface area contributed by atoms with Crippen LogP contribution in [-0.4, -0.2) is 17.5 Å². The van der Waals surface area contributed by atoms with Gasteiger partial charge in [-0.25, -0.2) is 0 Å². The van der Waals surface area contributed by atoms with Crippen molar-refractivity contribution in [2.75, 3.05) is 6.61 Å². The van der Waals surface area contributed by atoms with E-state index in [0.29, 0.717) is 23.1 Å². The normalized spacial score (nSPS) is 10.3. The molecular formula is C16H17ClN2O3. The van der Waals surface area contributed by atoms with Crippen molar-refractivity contribution in [2.45, 2.75) is 20.4 Å². The molecule has 1 heterocycles. The molecule has 2 aromatic rings. The van der Waals surface area contributed by atoms with Gasteiger partial charge in [-0.1, -0.05) is 17.7 Å². The molecule has 0 aliphatic carbocycles. The van der Waals surface area contributed by atoms with E-state index in [0.717, 1.165) is 5.56 Å². The Balaban J connectivity index is 2.12. The van der Waals surface area contributed by atoms with Gasteiger partial charge in [0.25, 0.3) is 5.91 Å². The van der Waals surface area contributed by atoms with Gasteiger partial charge >= 0.3 is 0 Å². The van der Waals surface area contributed by atoms with E-state index in [1.54, 1.807) is 25.1 Å². The number of aromatic nitrogens is 1. The minimum absolute atomic E-state index is 0.0810. The second-order valence-corrected chi connectivity index (χ2v) is 5.20. The monoisotopic (exact) mass is 320 g/mol. The lowest BCUT2D eigenvalue weighted by Gasteiger charge is -2.11. The predicted molar refractivity (Wildman–Crippen MR) is 85.6 cm³/mol. The Kier molecular flexibility index (Phi) is 5.22. The molecule has 6 heteroatoms. The lowest BCUT2D eigenvalue weighted by Crippen LogP contribution is -2.28. The zero-order valence-corrected chi connectivity index (χ0v) is 13.2. The van der Waals surface area contributed by atoms with E-state index in [1.165, 1.54) is 12.3 Å². The molecular weight excluding hydrogens is 304 g/mol. The molecule has 0 radical (unpaired) electrons. The first-order valence-corrected chi connectivity index (χ1v) is 7.27. The molecule has 0 saturated carbocycles. The molecule has 2 N–H and O–H groups in total. The van der Waals surface area contributed by atoms with Crippen LogP contribution in [0.1, 0.15) is 28.5 Å². The van der Waals surface area contributed by atoms with Crippen LogP contribution < -0.4 is 15.5 Å². The van der Waals surface area contributed by atoms with Crippen LogP contribution in [0, 0.1) is 6.92 Å². The molecule has 2 rings (SSSR count). The van der Waals surface area contributed by atoms with Gasteiger partial charge < -0.3 is 15.0 Å². The van der Waals surface area contributed by atoms with Crippen molar-refractivity contribution in [1.29, 1.82) is 0 Å². The lowest BCUT2D eigenvalue weighted by atomic mass is 10.2. The predicted octanol–water partition coefficient (Wildman–Crippen LogP) is 2.67. The van der Waals surface area contributed by atoms with E-state index in [2.05, 4.69) is 10.3 Å². The highest BCUT2D eigenvalue weighted by Gasteiger charge is 2.11. The van der Waals surface area contributed by atoms with Crippen LogP contribution in [0.4, 0.5) is 0 Å². The lowest BCUT2D eigenvalue weighted by molar-refractivity contribution is 0.0949. The number of pyridine rings is 1. The summed E-state index contributed by atoms with van der Waals surface area (Å²) in [6.07, 6.45) is 1.41. The summed E-state index contributed by atoms with van der Waals surface area (Å²) < 4.78 is 5.49. The summed E-state index contributed by atoms with van der Waals surface area (Å²) >= 11 is 5.93. The van der Waals surface area contributed by atoms with E-state index in [-0.39, 0.29) is 17.5 Å². The molecule has 0 atom stereocenters. The topological polar surface area (TPSA) is 71.2 Å². The maximum absolute atomic E-state index is 12.1. The Morgan fingerprint density at radius 1 is 1.36 bits per heavy atom. The summed E-state index contributed by atoms with van der Waals surface area (Å²) in [5.74, 6) is 0.187. The number of H-pyrrole nitrogens is 1. The molecule has 0 unspecified atom stereocenters. The first-order valence-electron chi connectivity index (χ1n) is 6.90. The number of aryl methyl sites for hydroxylation is 1. The molecule has 0 bridgehead atoms. The van der Waals surface area contributed by atoms with E-state index in [4.69, 9.17) is 16.3 Å². The molecule has 0 aliphatic heterocycles. The second kappa shape index (κ2) is 7.13. The van der Waals surface area contributed by atoms with Crippen LogP contribution >= 0.6 is 11.6 Å². The number of carbonyl (C=O) groups excluding carboxylic acids is 1. The number of halogens is 1. The van der Waals surface area contributed by atoms with Crippen LogP contribution in [0.2, 0.25) is 5.02 Å². The highest BCUT2D eigenvalue weighted by Crippen LogP contribution is 2.23. The zero-order valence-electron chi connectivity index (χ0n) is 12.4. The molecule has 1 aromatic heterocycles. The smallest absolute Gasteiger partial charge is 0.257 e. The van der Waals surface area contributed by atoms with Crippen LogP contribution in [0.5, 0.6) is 5.75 Å². The van der Waals surface area contributed by atoms with Gasteiger partial charge in [0.15, 0.2) is 5.43 Å². The molecule has 5 nitrogen and oxygen atoms in total. The Morgan fingerprint density at radius 3 is 2.82 bits per heavy atom. The zero-order chi connectivity index (χ0) is 16.1. The van der Waals surface area contributed by atoms with E-state index in [9.17, 15) is 9.59 Å². The fourth-order valence-electron chi connectivity index (χ4n) is 1.99. The van der Waals surface area contributed by atoms with E-state index >= 15 is 0 Å². The average Bonchev–Trinajstić information content (AvgIpc) is 2.46. The molecule has 0 fully saturated rings. The van der Waals surface area contributed by atoms with Gasteiger partial charge in [0.05, 0.1) is 6.61 Å². The van der Waals surface area contributed by atoms with Crippen molar-refractivity contribution in [3.8, 4) is 5.75 Å². The van der Waals surface area contributed by atoms with E-state index in [1.807, 2.05) is 6.92 Å². The van der Waals surface area contributed by atoms with Crippen molar-refractivity contribution in [3.05, 3.63) is 62.5 Å². The maximum atomic E-state index is 12.1. The van der Waals surface area contributed by atoms with E-state index < -0.39 is 5.91 Å². The van der Waals surface area contributed by atoms with Crippen molar-refractivity contribution in [1.82, 2.24) is 10.3 Å². The largest absolute Gasteiger partial charge is 0.493 e. The van der Waals surface area contributed by atoms with Crippen LogP contribution in [0.15, 0.2) is 35.3 Å². The summed E-state index contributed by atoms with van der Waals surface area (Å²) in [6.45, 7) is 4.37. The maximum Gasteiger partial charge on any atom is 0.257 e. The number of amides is 1. The highest BCUT2D eigenvalue weighted by molar-refractivity contribution is 6.30. The SMILES string of the molecule is CCOc1cc(Cl)ccc1CNC(=O)c1c[nH]c(C)cc1=O. The van der Waals surface area contributed by atoms with Gasteiger partial charge in [-0.15, -0.1) is 0 Å². The van der Waals surface area contributed by atoms with Crippen LogP contribution in [0.25, 0.3) is 0 Å². The van der Waals surface area contributed by atoms with Gasteiger partial charge in [-0.3, -0.25) is 9.59 Å². The number of nitrogens with one attached hydrogen (secondary N) is 2. The van der Waals surface area contributed by atoms with Gasteiger partial charge in [0, 0.05) is 35.1 Å². The van der Waals surface area contributed by atoms with Gasteiger partial charge in [0.2, 0.25) is 0 Å². The second-order valence-electron chi connectivity index (χ2n) is 4.76. The molecule has 0 saturated heterocycles. The minimum atomic E-state index is -0.432. The summed E-state index contributed by atoms with van der Waals surface area (Å²) in [7, 11) is 0. The Hall–Kier alpha value is -2.27. The van der Waals surface area contributed by atoms with Crippen LogP contribution in [-0.2, 0) is 6.54 Å². The van der Waals surface area contributed by atoms with Crippen molar-refractivity contribution in [3.63, 3.8) is 0 Å². The van der Waals surface area contributed by atoms with Crippen molar-refractivity contribution in [2.24, 2.45) is 0 Å². The molecule has 116 valence electrons. The number of hydrogen-bond donors (Lipinski definition) is 2. The number of aromatic amines is 1. The Morgan fingerprint density at radius 2 is 2.14 bits per heavy atom. The number of rotatable bonds is 5. The third kappa shape index (κ3) is 3.89. The molecule has 1 aromatic carbocycles. The molecule has 22 heavy (non-hydrogen) atoms. The fraction of sp³-hybridized carbons (Fsp3) is 0.250. The quantitative estimate of drug-likeness (QED) is 0.889. The summed E-state index contributed by atoms with van der Waals surface area (Å²) in [5, 5.41) is 3.28. The fourth-order valence-corrected chi connectivity index (χ4v) is 2.15. The average molecular weight is 321 g/mol. The molecule has 1 amide bonds. The number of carbonyl (C=O) groups is 1. The summed E-state index contributed by atoms with van der Waals surface area (Å²) in [5.41, 5.74) is 1.27. The Bertz CT molecular complexity index is 740. The number of hydrogen-bond acceptors (Lipinski definition) is 3. The van der Waals surface area contributed by atoms with Gasteiger partial charge in [-0.05, 0) is 26.0 Å². The minimum Gasteiger partial charge on any atom is -0.493 e. The number of benzene rings is 1. The Labute approximate surface area is 133 Å². The van der Waals surface area contributed by atoms with Gasteiger partial charge in [0.1, 0.15) is 11.3 Å². The van der Waals surface area contributed by atoms with Crippen LogP contribution in [0.3, 0.4) is 0 Å². The molecule has 0 spiro atoms. The standard InChI is InChI=1S/C16H17ClN2O3/c1-3-22-15-7-12(17)5-4-11(15)8-19-16(21)13-9-18-10(2)6-14(13)20/h4-7,9H,3,8H2,1-2H3,(H,18,20)(H,19,21). The molecule has 0 aliphatic rings. The highest BCUT2D eigenvalue weighted by atomic mass is 35.5. The third-order valence-corrected chi connectivity index (χ3v) is 3.31. The first kappa shape index (κ1) is 16.1.